The van der Waals surface area contributed by atoms with Gasteiger partial charge in [0, 0.05) is 30.8 Å². The summed E-state index contributed by atoms with van der Waals surface area (Å²) in [5.41, 5.74) is 3.58. The average molecular weight is 513 g/mol. The number of carbonyl (C=O) groups excluding carboxylic acids is 1. The van der Waals surface area contributed by atoms with Crippen LogP contribution in [-0.2, 0) is 27.5 Å². The summed E-state index contributed by atoms with van der Waals surface area (Å²) in [7, 11) is -2.41. The van der Waals surface area contributed by atoms with Crippen molar-refractivity contribution in [3.8, 4) is 11.5 Å². The average Bonchev–Trinajstić information content (AvgIpc) is 2.91. The van der Waals surface area contributed by atoms with E-state index in [-0.39, 0.29) is 24.3 Å². The monoisotopic (exact) mass is 512 g/mol. The Balaban J connectivity index is 1.72. The van der Waals surface area contributed by atoms with Crippen molar-refractivity contribution in [2.24, 2.45) is 0 Å². The minimum Gasteiger partial charge on any atom is -0.493 e. The lowest BCUT2D eigenvalue weighted by atomic mass is 10.1. The normalized spacial score (nSPS) is 12.1. The molecule has 0 fully saturated rings. The summed E-state index contributed by atoms with van der Waals surface area (Å²) < 4.78 is 38.2. The molecule has 8 nitrogen and oxygen atoms in total. The number of hydrogen-bond donors (Lipinski definition) is 2. The second-order valence-electron chi connectivity index (χ2n) is 8.37. The van der Waals surface area contributed by atoms with E-state index in [0.29, 0.717) is 24.3 Å². The van der Waals surface area contributed by atoms with Crippen LogP contribution in [0, 0.1) is 0 Å². The highest BCUT2D eigenvalue weighted by Crippen LogP contribution is 2.33. The van der Waals surface area contributed by atoms with E-state index in [9.17, 15) is 13.2 Å². The van der Waals surface area contributed by atoms with E-state index >= 15 is 0 Å². The highest BCUT2D eigenvalue weighted by molar-refractivity contribution is 7.92. The number of unbranched alkanes of at least 4 members (excludes halogenated alkanes) is 1. The Bertz CT molecular complexity index is 1200. The molecule has 0 bridgehead atoms. The molecular weight excluding hydrogens is 480 g/mol. The minimum atomic E-state index is -3.90. The maximum absolute atomic E-state index is 13.5. The molecular formula is C27H32N2O6S. The van der Waals surface area contributed by atoms with Crippen LogP contribution < -0.4 is 15.0 Å². The number of aromatic nitrogens is 1. The molecule has 1 unspecified atom stereocenters. The second-order valence-corrected chi connectivity index (χ2v) is 10.6. The van der Waals surface area contributed by atoms with E-state index in [2.05, 4.69) is 4.98 Å². The SMILES string of the molecule is COc1ccc(S(=O)(=O)C(CCCCc2ccccc2)CC(=O)NO)cc1OCCc1ccccn1. The van der Waals surface area contributed by atoms with Crippen molar-refractivity contribution in [2.75, 3.05) is 13.7 Å². The van der Waals surface area contributed by atoms with Crippen molar-refractivity contribution in [3.63, 3.8) is 0 Å². The number of benzene rings is 2. The van der Waals surface area contributed by atoms with Gasteiger partial charge in [0.2, 0.25) is 5.91 Å². The van der Waals surface area contributed by atoms with E-state index < -0.39 is 21.0 Å². The summed E-state index contributed by atoms with van der Waals surface area (Å²) in [4.78, 5) is 16.2. The van der Waals surface area contributed by atoms with E-state index in [0.717, 1.165) is 18.5 Å². The van der Waals surface area contributed by atoms with Crippen LogP contribution in [0.3, 0.4) is 0 Å². The van der Waals surface area contributed by atoms with E-state index in [1.54, 1.807) is 17.7 Å². The summed E-state index contributed by atoms with van der Waals surface area (Å²) in [5.74, 6) is -0.0431. The maximum Gasteiger partial charge on any atom is 0.244 e. The molecule has 0 radical (unpaired) electrons. The number of aryl methyl sites for hydroxylation is 1. The highest BCUT2D eigenvalue weighted by Gasteiger charge is 2.30. The topological polar surface area (TPSA) is 115 Å². The third kappa shape index (κ3) is 7.79. The van der Waals surface area contributed by atoms with Crippen molar-refractivity contribution < 1.29 is 27.9 Å². The Labute approximate surface area is 212 Å². The predicted octanol–water partition coefficient (Wildman–Crippen LogP) is 4.16. The molecule has 3 rings (SSSR count). The summed E-state index contributed by atoms with van der Waals surface area (Å²) >= 11 is 0. The van der Waals surface area contributed by atoms with Gasteiger partial charge in [-0.05, 0) is 49.1 Å². The Morgan fingerprint density at radius 2 is 1.78 bits per heavy atom. The molecule has 2 aromatic carbocycles. The predicted molar refractivity (Wildman–Crippen MR) is 136 cm³/mol. The molecule has 1 aromatic heterocycles. The van der Waals surface area contributed by atoms with Crippen LogP contribution in [0.1, 0.15) is 36.9 Å². The summed E-state index contributed by atoms with van der Waals surface area (Å²) in [6.07, 6.45) is 4.39. The van der Waals surface area contributed by atoms with Crippen molar-refractivity contribution in [3.05, 3.63) is 84.2 Å². The first-order valence-corrected chi connectivity index (χ1v) is 13.4. The molecule has 0 spiro atoms. The molecule has 2 N–H and O–H groups in total. The smallest absolute Gasteiger partial charge is 0.244 e. The molecule has 9 heteroatoms. The van der Waals surface area contributed by atoms with Gasteiger partial charge in [-0.1, -0.05) is 42.8 Å². The third-order valence-corrected chi connectivity index (χ3v) is 8.06. The number of methoxy groups -OCH3 is 1. The molecule has 1 amide bonds. The lowest BCUT2D eigenvalue weighted by molar-refractivity contribution is -0.129. The number of rotatable bonds is 14. The van der Waals surface area contributed by atoms with E-state index in [1.807, 2.05) is 48.5 Å². The van der Waals surface area contributed by atoms with Crippen LogP contribution >= 0.6 is 0 Å². The standard InChI is InChI=1S/C27H32N2O6S/c1-34-25-15-14-24(19-26(25)35-18-16-22-12-7-8-17-28-22)36(32,33)23(20-27(30)29-31)13-6-5-11-21-9-3-2-4-10-21/h2-4,7-10,12,14-15,17,19,23,31H,5-6,11,13,16,18,20H2,1H3,(H,29,30). The van der Waals surface area contributed by atoms with Gasteiger partial charge >= 0.3 is 0 Å². The first kappa shape index (κ1) is 27.2. The van der Waals surface area contributed by atoms with Gasteiger partial charge in [0.15, 0.2) is 21.3 Å². The number of nitrogens with zero attached hydrogens (tertiary/aromatic N) is 1. The fourth-order valence-corrected chi connectivity index (χ4v) is 5.68. The highest BCUT2D eigenvalue weighted by atomic mass is 32.2. The minimum absolute atomic E-state index is 0.0370. The molecule has 192 valence electrons. The number of pyridine rings is 1. The third-order valence-electron chi connectivity index (χ3n) is 5.87. The zero-order chi connectivity index (χ0) is 25.8. The lowest BCUT2D eigenvalue weighted by Crippen LogP contribution is -2.30. The molecule has 3 aromatic rings. The molecule has 0 aliphatic rings. The molecule has 0 aliphatic carbocycles. The Morgan fingerprint density at radius 1 is 1.00 bits per heavy atom. The Hall–Kier alpha value is -3.43. The van der Waals surface area contributed by atoms with Gasteiger partial charge in [0.05, 0.1) is 23.9 Å². The molecule has 0 saturated carbocycles. The molecule has 1 heterocycles. The van der Waals surface area contributed by atoms with Crippen LogP contribution in [0.2, 0.25) is 0 Å². The largest absolute Gasteiger partial charge is 0.493 e. The van der Waals surface area contributed by atoms with Gasteiger partial charge in [0.25, 0.3) is 0 Å². The first-order chi connectivity index (χ1) is 17.4. The Kier molecular flexibility index (Phi) is 10.3. The van der Waals surface area contributed by atoms with E-state index in [4.69, 9.17) is 14.7 Å². The van der Waals surface area contributed by atoms with Crippen LogP contribution in [0.4, 0.5) is 0 Å². The number of sulfone groups is 1. The van der Waals surface area contributed by atoms with Crippen LogP contribution in [-0.4, -0.2) is 43.5 Å². The quantitative estimate of drug-likeness (QED) is 0.189. The zero-order valence-corrected chi connectivity index (χ0v) is 21.1. The van der Waals surface area contributed by atoms with Crippen LogP contribution in [0.15, 0.2) is 77.8 Å². The number of carbonyl (C=O) groups is 1. The van der Waals surface area contributed by atoms with E-state index in [1.165, 1.54) is 24.8 Å². The van der Waals surface area contributed by atoms with Crippen LogP contribution in [0.25, 0.3) is 0 Å². The molecule has 36 heavy (non-hydrogen) atoms. The second kappa shape index (κ2) is 13.6. The maximum atomic E-state index is 13.5. The Morgan fingerprint density at radius 3 is 2.47 bits per heavy atom. The number of hydrogen-bond acceptors (Lipinski definition) is 7. The van der Waals surface area contributed by atoms with Crippen LogP contribution in [0.5, 0.6) is 11.5 Å². The van der Waals surface area contributed by atoms with Crippen molar-refractivity contribution in [1.82, 2.24) is 10.5 Å². The fraction of sp³-hybridized carbons (Fsp3) is 0.333. The van der Waals surface area contributed by atoms with Crippen molar-refractivity contribution in [1.29, 1.82) is 0 Å². The molecule has 0 saturated heterocycles. The summed E-state index contributed by atoms with van der Waals surface area (Å²) in [6.45, 7) is 0.284. The first-order valence-electron chi connectivity index (χ1n) is 11.9. The van der Waals surface area contributed by atoms with Gasteiger partial charge in [-0.15, -0.1) is 0 Å². The van der Waals surface area contributed by atoms with Crippen molar-refractivity contribution >= 4 is 15.7 Å². The van der Waals surface area contributed by atoms with Gasteiger partial charge < -0.3 is 9.47 Å². The summed E-state index contributed by atoms with van der Waals surface area (Å²) in [6, 6.07) is 20.0. The van der Waals surface area contributed by atoms with Gasteiger partial charge in [-0.3, -0.25) is 15.0 Å². The zero-order valence-electron chi connectivity index (χ0n) is 20.3. The van der Waals surface area contributed by atoms with Gasteiger partial charge in [0.1, 0.15) is 0 Å². The number of hydroxylamine groups is 1. The molecule has 1 atom stereocenters. The van der Waals surface area contributed by atoms with Crippen molar-refractivity contribution in [2.45, 2.75) is 48.7 Å². The number of amides is 1. The van der Waals surface area contributed by atoms with Gasteiger partial charge in [-0.2, -0.15) is 0 Å². The fourth-order valence-electron chi connectivity index (χ4n) is 3.92. The lowest BCUT2D eigenvalue weighted by Gasteiger charge is -2.18. The number of nitrogens with one attached hydrogen (secondary N) is 1. The molecule has 0 aliphatic heterocycles. The summed E-state index contributed by atoms with van der Waals surface area (Å²) in [5, 5.41) is 8.02. The van der Waals surface area contributed by atoms with Gasteiger partial charge in [-0.25, -0.2) is 13.9 Å². The number of ether oxygens (including phenoxy) is 2.